The molecule has 0 aliphatic carbocycles. The van der Waals surface area contributed by atoms with Crippen molar-refractivity contribution in [2.24, 2.45) is 0 Å². The lowest BCUT2D eigenvalue weighted by atomic mass is 10.2. The summed E-state index contributed by atoms with van der Waals surface area (Å²) in [6.07, 6.45) is 7.66. The molecule has 0 atom stereocenters. The van der Waals surface area contributed by atoms with Crippen LogP contribution in [0.25, 0.3) is 6.08 Å². The topological polar surface area (TPSA) is 38.0 Å². The number of aliphatic hydroxyl groups excluding tert-OH is 1. The molecule has 1 heterocycles. The number of rotatable bonds is 5. The number of nitrogens with zero attached hydrogens (tertiary/aromatic N) is 2. The van der Waals surface area contributed by atoms with Crippen molar-refractivity contribution in [1.82, 2.24) is 9.55 Å². The quantitative estimate of drug-likeness (QED) is 0.779. The Morgan fingerprint density at radius 2 is 2.36 bits per heavy atom. The van der Waals surface area contributed by atoms with Crippen LogP contribution in [0.5, 0.6) is 0 Å². The molecule has 0 bridgehead atoms. The molecule has 0 saturated carbocycles. The Kier molecular flexibility index (Phi) is 4.40. The van der Waals surface area contributed by atoms with E-state index in [1.165, 1.54) is 0 Å². The van der Waals surface area contributed by atoms with Crippen molar-refractivity contribution < 1.29 is 5.11 Å². The summed E-state index contributed by atoms with van der Waals surface area (Å²) in [5.41, 5.74) is 2.13. The molecule has 1 aromatic rings. The summed E-state index contributed by atoms with van der Waals surface area (Å²) in [6, 6.07) is 0. The van der Waals surface area contributed by atoms with E-state index < -0.39 is 0 Å². The zero-order valence-corrected chi connectivity index (χ0v) is 8.90. The van der Waals surface area contributed by atoms with Gasteiger partial charge in [0.05, 0.1) is 24.8 Å². The van der Waals surface area contributed by atoms with Crippen molar-refractivity contribution in [3.63, 3.8) is 0 Å². The van der Waals surface area contributed by atoms with Crippen LogP contribution in [0.15, 0.2) is 18.1 Å². The van der Waals surface area contributed by atoms with Crippen molar-refractivity contribution in [3.05, 3.63) is 23.8 Å². The van der Waals surface area contributed by atoms with Crippen LogP contribution in [0, 0.1) is 0 Å². The van der Waals surface area contributed by atoms with E-state index in [9.17, 15) is 0 Å². The number of aryl methyl sites for hydroxylation is 1. The van der Waals surface area contributed by atoms with Gasteiger partial charge >= 0.3 is 0 Å². The van der Waals surface area contributed by atoms with Crippen LogP contribution in [-0.2, 0) is 6.54 Å². The molecule has 3 heteroatoms. The molecule has 0 aliphatic heterocycles. The first-order valence-corrected chi connectivity index (χ1v) is 5.12. The highest BCUT2D eigenvalue weighted by atomic mass is 16.3. The highest BCUT2D eigenvalue weighted by molar-refractivity contribution is 5.48. The number of imidazole rings is 1. The molecule has 14 heavy (non-hydrogen) atoms. The van der Waals surface area contributed by atoms with Crippen molar-refractivity contribution in [3.8, 4) is 0 Å². The number of hydrogen-bond donors (Lipinski definition) is 1. The van der Waals surface area contributed by atoms with Gasteiger partial charge in [-0.15, -0.1) is 0 Å². The van der Waals surface area contributed by atoms with Gasteiger partial charge in [0.25, 0.3) is 0 Å². The van der Waals surface area contributed by atoms with Crippen molar-refractivity contribution in [2.75, 3.05) is 6.61 Å². The first kappa shape index (κ1) is 11.0. The third kappa shape index (κ3) is 2.70. The molecule has 3 nitrogen and oxygen atoms in total. The molecule has 0 spiro atoms. The number of aromatic nitrogens is 2. The summed E-state index contributed by atoms with van der Waals surface area (Å²) in [5.74, 6) is 0. The largest absolute Gasteiger partial charge is 0.392 e. The van der Waals surface area contributed by atoms with E-state index in [0.29, 0.717) is 0 Å². The van der Waals surface area contributed by atoms with Crippen LogP contribution in [0.3, 0.4) is 0 Å². The lowest BCUT2D eigenvalue weighted by Crippen LogP contribution is -1.98. The average molecular weight is 194 g/mol. The second kappa shape index (κ2) is 5.60. The molecule has 1 aromatic heterocycles. The summed E-state index contributed by atoms with van der Waals surface area (Å²) in [6.45, 7) is 5.30. The first-order valence-electron chi connectivity index (χ1n) is 5.12. The summed E-state index contributed by atoms with van der Waals surface area (Å²) >= 11 is 0. The Balaban J connectivity index is 2.83. The zero-order valence-electron chi connectivity index (χ0n) is 8.90. The normalized spacial score (nSPS) is 12.1. The fourth-order valence-corrected chi connectivity index (χ4v) is 1.35. The third-order valence-corrected chi connectivity index (χ3v) is 2.22. The molecular formula is C11H18N2O. The van der Waals surface area contributed by atoms with Gasteiger partial charge in [0, 0.05) is 6.54 Å². The highest BCUT2D eigenvalue weighted by Crippen LogP contribution is 2.09. The minimum atomic E-state index is 0.133. The molecule has 1 rings (SSSR count). The maximum atomic E-state index is 9.05. The monoisotopic (exact) mass is 194 g/mol. The van der Waals surface area contributed by atoms with Crippen LogP contribution in [0.2, 0.25) is 0 Å². The van der Waals surface area contributed by atoms with Gasteiger partial charge in [-0.25, -0.2) is 4.98 Å². The first-order chi connectivity index (χ1) is 6.81. The smallest absolute Gasteiger partial charge is 0.0950 e. The van der Waals surface area contributed by atoms with Gasteiger partial charge in [0.1, 0.15) is 0 Å². The highest BCUT2D eigenvalue weighted by Gasteiger charge is 1.99. The van der Waals surface area contributed by atoms with Crippen molar-refractivity contribution in [2.45, 2.75) is 33.2 Å². The van der Waals surface area contributed by atoms with E-state index in [4.69, 9.17) is 5.11 Å². The summed E-state index contributed by atoms with van der Waals surface area (Å²) < 4.78 is 2.10. The lowest BCUT2D eigenvalue weighted by Gasteiger charge is -2.04. The predicted octanol–water partition coefficient (Wildman–Crippen LogP) is 2.08. The SMILES string of the molecule is CCCn1cncc1C=C(CC)CO. The molecule has 0 amide bonds. The minimum absolute atomic E-state index is 0.133. The Hall–Kier alpha value is -1.09. The van der Waals surface area contributed by atoms with E-state index in [1.807, 2.05) is 25.5 Å². The maximum absolute atomic E-state index is 9.05. The summed E-state index contributed by atoms with van der Waals surface area (Å²) in [4.78, 5) is 4.10. The molecule has 0 fully saturated rings. The third-order valence-electron chi connectivity index (χ3n) is 2.22. The van der Waals surface area contributed by atoms with Crippen LogP contribution < -0.4 is 0 Å². The number of hydrogen-bond acceptors (Lipinski definition) is 2. The van der Waals surface area contributed by atoms with Gasteiger partial charge < -0.3 is 9.67 Å². The molecule has 0 unspecified atom stereocenters. The molecule has 0 radical (unpaired) electrons. The predicted molar refractivity (Wildman–Crippen MR) is 57.9 cm³/mol. The van der Waals surface area contributed by atoms with Crippen LogP contribution in [0.4, 0.5) is 0 Å². The second-order valence-electron chi connectivity index (χ2n) is 3.33. The van der Waals surface area contributed by atoms with Gasteiger partial charge in [0.15, 0.2) is 0 Å². The van der Waals surface area contributed by atoms with Gasteiger partial charge in [0.2, 0.25) is 0 Å². The van der Waals surface area contributed by atoms with Crippen molar-refractivity contribution >= 4 is 6.08 Å². The molecule has 0 aromatic carbocycles. The minimum Gasteiger partial charge on any atom is -0.392 e. The fraction of sp³-hybridized carbons (Fsp3) is 0.545. The molecular weight excluding hydrogens is 176 g/mol. The van der Waals surface area contributed by atoms with E-state index in [-0.39, 0.29) is 6.61 Å². The van der Waals surface area contributed by atoms with E-state index in [1.54, 1.807) is 0 Å². The number of aliphatic hydroxyl groups is 1. The molecule has 78 valence electrons. The second-order valence-corrected chi connectivity index (χ2v) is 3.33. The molecule has 0 saturated heterocycles. The van der Waals surface area contributed by atoms with Crippen molar-refractivity contribution in [1.29, 1.82) is 0 Å². The van der Waals surface area contributed by atoms with E-state index in [0.717, 1.165) is 30.7 Å². The Labute approximate surface area is 85.1 Å². The van der Waals surface area contributed by atoms with Gasteiger partial charge in [-0.05, 0) is 24.5 Å². The lowest BCUT2D eigenvalue weighted by molar-refractivity contribution is 0.329. The summed E-state index contributed by atoms with van der Waals surface area (Å²) in [7, 11) is 0. The zero-order chi connectivity index (χ0) is 10.4. The Bertz CT molecular complexity index is 296. The maximum Gasteiger partial charge on any atom is 0.0950 e. The van der Waals surface area contributed by atoms with Gasteiger partial charge in [-0.1, -0.05) is 13.8 Å². The van der Waals surface area contributed by atoms with Crippen LogP contribution in [-0.4, -0.2) is 21.3 Å². The van der Waals surface area contributed by atoms with E-state index >= 15 is 0 Å². The average Bonchev–Trinajstić information content (AvgIpc) is 2.62. The Morgan fingerprint density at radius 3 is 2.93 bits per heavy atom. The van der Waals surface area contributed by atoms with Crippen LogP contribution in [0.1, 0.15) is 32.4 Å². The van der Waals surface area contributed by atoms with Gasteiger partial charge in [-0.2, -0.15) is 0 Å². The Morgan fingerprint density at radius 1 is 1.57 bits per heavy atom. The fourth-order valence-electron chi connectivity index (χ4n) is 1.35. The molecule has 0 aliphatic rings. The molecule has 1 N–H and O–H groups in total. The van der Waals surface area contributed by atoms with E-state index in [2.05, 4.69) is 16.5 Å². The summed E-state index contributed by atoms with van der Waals surface area (Å²) in [5, 5.41) is 9.05. The van der Waals surface area contributed by atoms with Crippen LogP contribution >= 0.6 is 0 Å². The van der Waals surface area contributed by atoms with Gasteiger partial charge in [-0.3, -0.25) is 0 Å². The standard InChI is InChI=1S/C11H18N2O/c1-3-5-13-9-12-7-11(13)6-10(4-2)8-14/h6-7,9,14H,3-5,8H2,1-2H3.